The second-order valence-corrected chi connectivity index (χ2v) is 9.70. The van der Waals surface area contributed by atoms with E-state index in [2.05, 4.69) is 11.9 Å². The zero-order valence-electron chi connectivity index (χ0n) is 19.2. The molecule has 1 unspecified atom stereocenters. The summed E-state index contributed by atoms with van der Waals surface area (Å²) in [5.74, 6) is 1.20. The van der Waals surface area contributed by atoms with Crippen LogP contribution in [-0.4, -0.2) is 65.7 Å². The third kappa shape index (κ3) is 6.36. The highest BCUT2D eigenvalue weighted by atomic mass is 32.2. The molecule has 0 aliphatic carbocycles. The first-order valence-electron chi connectivity index (χ1n) is 11.3. The fraction of sp³-hybridized carbons (Fsp3) is 0.609. The fourth-order valence-electron chi connectivity index (χ4n) is 3.98. The van der Waals surface area contributed by atoms with Crippen LogP contribution in [-0.2, 0) is 20.9 Å². The average molecular weight is 480 g/mol. The molecule has 0 bridgehead atoms. The number of likely N-dealkylation sites (tertiary alicyclic amines) is 1. The van der Waals surface area contributed by atoms with Crippen molar-refractivity contribution in [1.29, 1.82) is 0 Å². The van der Waals surface area contributed by atoms with Gasteiger partial charge in [-0.3, -0.25) is 9.59 Å². The van der Waals surface area contributed by atoms with Crippen molar-refractivity contribution in [3.05, 3.63) is 23.0 Å². The van der Waals surface area contributed by atoms with Crippen molar-refractivity contribution < 1.29 is 19.1 Å². The summed E-state index contributed by atoms with van der Waals surface area (Å²) >= 11 is 2.81. The van der Waals surface area contributed by atoms with Gasteiger partial charge in [0, 0.05) is 25.7 Å². The molecule has 2 aromatic rings. The molecule has 1 aliphatic heterocycles. The van der Waals surface area contributed by atoms with Crippen molar-refractivity contribution >= 4 is 45.1 Å². The monoisotopic (exact) mass is 479 g/mol. The van der Waals surface area contributed by atoms with Crippen molar-refractivity contribution in [3.63, 3.8) is 0 Å². The number of piperidine rings is 1. The molecule has 9 heteroatoms. The van der Waals surface area contributed by atoms with E-state index < -0.39 is 0 Å². The third-order valence-electron chi connectivity index (χ3n) is 5.64. The Hall–Kier alpha value is -1.84. The molecule has 2 amide bonds. The van der Waals surface area contributed by atoms with Crippen LogP contribution in [0.5, 0.6) is 5.75 Å². The predicted octanol–water partition coefficient (Wildman–Crippen LogP) is 3.70. The Kier molecular flexibility index (Phi) is 9.62. The van der Waals surface area contributed by atoms with E-state index in [0.717, 1.165) is 41.8 Å². The Labute approximate surface area is 197 Å². The molecule has 2 heterocycles. The quantitative estimate of drug-likeness (QED) is 0.486. The van der Waals surface area contributed by atoms with Gasteiger partial charge in [-0.05, 0) is 50.8 Å². The molecule has 0 spiro atoms. The van der Waals surface area contributed by atoms with Gasteiger partial charge in [-0.2, -0.15) is 4.99 Å². The van der Waals surface area contributed by atoms with Gasteiger partial charge in [0.2, 0.25) is 5.91 Å². The largest absolute Gasteiger partial charge is 0.497 e. The molecule has 3 rings (SSSR count). The van der Waals surface area contributed by atoms with Gasteiger partial charge in [0.1, 0.15) is 5.75 Å². The molecule has 1 fully saturated rings. The topological polar surface area (TPSA) is 73.1 Å². The smallest absolute Gasteiger partial charge is 0.258 e. The van der Waals surface area contributed by atoms with Gasteiger partial charge in [0.15, 0.2) is 4.80 Å². The Bertz CT molecular complexity index is 985. The number of thioether (sulfide) groups is 1. The summed E-state index contributed by atoms with van der Waals surface area (Å²) in [5.41, 5.74) is 1.00. The molecule has 32 heavy (non-hydrogen) atoms. The molecule has 0 saturated carbocycles. The molecule has 176 valence electrons. The number of hydrogen-bond donors (Lipinski definition) is 0. The summed E-state index contributed by atoms with van der Waals surface area (Å²) in [7, 11) is 1.64. The van der Waals surface area contributed by atoms with E-state index in [1.54, 1.807) is 7.11 Å². The van der Waals surface area contributed by atoms with Crippen LogP contribution in [0.4, 0.5) is 0 Å². The van der Waals surface area contributed by atoms with E-state index in [0.29, 0.717) is 36.4 Å². The number of hydrogen-bond acceptors (Lipinski definition) is 6. The van der Waals surface area contributed by atoms with Crippen molar-refractivity contribution in [2.24, 2.45) is 4.99 Å². The van der Waals surface area contributed by atoms with Crippen molar-refractivity contribution in [2.45, 2.75) is 52.1 Å². The first kappa shape index (κ1) is 24.8. The second-order valence-electron chi connectivity index (χ2n) is 7.71. The average Bonchev–Trinajstić information content (AvgIpc) is 3.14. The lowest BCUT2D eigenvalue weighted by Gasteiger charge is -2.35. The number of nitrogens with zero attached hydrogens (tertiary/aromatic N) is 3. The number of rotatable bonds is 10. The number of carbonyl (C=O) groups is 2. The molecule has 0 radical (unpaired) electrons. The normalized spacial score (nSPS) is 17.2. The Morgan fingerprint density at radius 2 is 2.09 bits per heavy atom. The second kappa shape index (κ2) is 12.4. The van der Waals surface area contributed by atoms with Crippen molar-refractivity contribution in [2.75, 3.05) is 38.4 Å². The molecule has 1 aromatic carbocycles. The number of fused-ring (bicyclic) bond motifs is 1. The zero-order chi connectivity index (χ0) is 22.9. The van der Waals surface area contributed by atoms with Gasteiger partial charge in [-0.1, -0.05) is 18.3 Å². The third-order valence-corrected chi connectivity index (χ3v) is 7.59. The van der Waals surface area contributed by atoms with Crippen LogP contribution in [0.1, 0.15) is 39.5 Å². The number of carbonyl (C=O) groups excluding carboxylic acids is 2. The number of benzene rings is 1. The van der Waals surface area contributed by atoms with E-state index >= 15 is 0 Å². The van der Waals surface area contributed by atoms with Gasteiger partial charge >= 0.3 is 0 Å². The maximum atomic E-state index is 12.6. The maximum Gasteiger partial charge on any atom is 0.258 e. The lowest BCUT2D eigenvalue weighted by Crippen LogP contribution is -2.44. The number of amides is 2. The highest BCUT2D eigenvalue weighted by Gasteiger charge is 2.25. The molecule has 7 nitrogen and oxygen atoms in total. The molecule has 1 atom stereocenters. The summed E-state index contributed by atoms with van der Waals surface area (Å²) in [6.07, 6.45) is 4.33. The van der Waals surface area contributed by atoms with Crippen LogP contribution in [0.25, 0.3) is 10.2 Å². The Balaban J connectivity index is 1.68. The standard InChI is InChI=1S/C23H33N3O4S2/c1-4-17-8-6-7-11-25(17)22(28)16-31-15-21(27)24-23-26(12-13-30-5-2)19-10-9-18(29-3)14-20(19)32-23/h9-10,14,17H,4-8,11-13,15-16H2,1-3H3. The molecular weight excluding hydrogens is 446 g/mol. The number of methoxy groups -OCH3 is 1. The highest BCUT2D eigenvalue weighted by Crippen LogP contribution is 2.23. The van der Waals surface area contributed by atoms with Crippen LogP contribution in [0.15, 0.2) is 23.2 Å². The van der Waals surface area contributed by atoms with Gasteiger partial charge in [-0.15, -0.1) is 11.8 Å². The summed E-state index contributed by atoms with van der Waals surface area (Å²) in [4.78, 5) is 32.2. The van der Waals surface area contributed by atoms with Crippen LogP contribution in [0.2, 0.25) is 0 Å². The molecule has 1 saturated heterocycles. The molecular formula is C23H33N3O4S2. The van der Waals surface area contributed by atoms with Gasteiger partial charge in [0.25, 0.3) is 5.91 Å². The SMILES string of the molecule is CCOCCn1c(=NC(=O)CSCC(=O)N2CCCCC2CC)sc2cc(OC)ccc21. The van der Waals surface area contributed by atoms with Crippen molar-refractivity contribution in [3.8, 4) is 5.75 Å². The predicted molar refractivity (Wildman–Crippen MR) is 130 cm³/mol. The van der Waals surface area contributed by atoms with Gasteiger partial charge in [-0.25, -0.2) is 0 Å². The number of ether oxygens (including phenoxy) is 2. The summed E-state index contributed by atoms with van der Waals surface area (Å²) in [6.45, 7) is 6.73. The first-order valence-corrected chi connectivity index (χ1v) is 13.2. The van der Waals surface area contributed by atoms with E-state index in [9.17, 15) is 9.59 Å². The summed E-state index contributed by atoms with van der Waals surface area (Å²) in [6, 6.07) is 6.19. The maximum absolute atomic E-state index is 12.6. The first-order chi connectivity index (χ1) is 15.6. The Morgan fingerprint density at radius 1 is 1.25 bits per heavy atom. The van der Waals surface area contributed by atoms with Gasteiger partial charge < -0.3 is 18.9 Å². The summed E-state index contributed by atoms with van der Waals surface area (Å²) < 4.78 is 13.9. The molecule has 1 aliphatic rings. The van der Waals surface area contributed by atoms with Crippen molar-refractivity contribution in [1.82, 2.24) is 9.47 Å². The minimum Gasteiger partial charge on any atom is -0.497 e. The number of aromatic nitrogens is 1. The van der Waals surface area contributed by atoms with E-state index in [4.69, 9.17) is 9.47 Å². The van der Waals surface area contributed by atoms with E-state index in [-0.39, 0.29) is 17.6 Å². The van der Waals surface area contributed by atoms with Crippen LogP contribution < -0.4 is 9.54 Å². The summed E-state index contributed by atoms with van der Waals surface area (Å²) in [5, 5.41) is 0. The van der Waals surface area contributed by atoms with Crippen LogP contribution in [0, 0.1) is 0 Å². The Morgan fingerprint density at radius 3 is 2.84 bits per heavy atom. The van der Waals surface area contributed by atoms with E-state index in [1.807, 2.05) is 34.6 Å². The lowest BCUT2D eigenvalue weighted by atomic mass is 10.0. The number of thiazole rings is 1. The lowest BCUT2D eigenvalue weighted by molar-refractivity contribution is -0.132. The van der Waals surface area contributed by atoms with Crippen LogP contribution >= 0.6 is 23.1 Å². The minimum absolute atomic E-state index is 0.134. The highest BCUT2D eigenvalue weighted by molar-refractivity contribution is 8.00. The zero-order valence-corrected chi connectivity index (χ0v) is 20.8. The molecule has 1 aromatic heterocycles. The van der Waals surface area contributed by atoms with E-state index in [1.165, 1.54) is 29.5 Å². The minimum atomic E-state index is -0.225. The van der Waals surface area contributed by atoms with Gasteiger partial charge in [0.05, 0.1) is 35.4 Å². The fourth-order valence-corrected chi connectivity index (χ4v) is 5.77. The molecule has 0 N–H and O–H groups in total. The van der Waals surface area contributed by atoms with Crippen LogP contribution in [0.3, 0.4) is 0 Å².